The van der Waals surface area contributed by atoms with Gasteiger partial charge in [0.1, 0.15) is 11.4 Å². The lowest BCUT2D eigenvalue weighted by molar-refractivity contribution is 0.0603. The first kappa shape index (κ1) is 14.9. The van der Waals surface area contributed by atoms with Gasteiger partial charge in [-0.3, -0.25) is 0 Å². The maximum absolute atomic E-state index is 6.14. The van der Waals surface area contributed by atoms with Gasteiger partial charge in [-0.1, -0.05) is 32.0 Å². The molecule has 0 radical (unpaired) electrons. The average molecular weight is 287 g/mol. The molecule has 0 bridgehead atoms. The Kier molecular flexibility index (Phi) is 4.00. The zero-order chi connectivity index (χ0) is 15.0. The van der Waals surface area contributed by atoms with Gasteiger partial charge in [0.2, 0.25) is 0 Å². The largest absolute Gasteiger partial charge is 0.487 e. The van der Waals surface area contributed by atoms with Gasteiger partial charge in [-0.05, 0) is 51.0 Å². The third-order valence-corrected chi connectivity index (χ3v) is 5.41. The third kappa shape index (κ3) is 3.26. The summed E-state index contributed by atoms with van der Waals surface area (Å²) >= 11 is 0. The highest BCUT2D eigenvalue weighted by Gasteiger charge is 2.35. The summed E-state index contributed by atoms with van der Waals surface area (Å²) < 4.78 is 6.14. The Bertz CT molecular complexity index is 496. The van der Waals surface area contributed by atoms with Crippen LogP contribution in [0.3, 0.4) is 0 Å². The highest BCUT2D eigenvalue weighted by Crippen LogP contribution is 2.40. The molecule has 2 aliphatic rings. The van der Waals surface area contributed by atoms with E-state index in [9.17, 15) is 0 Å². The molecule has 1 N–H and O–H groups in total. The summed E-state index contributed by atoms with van der Waals surface area (Å²) in [5, 5.41) is 3.94. The molecule has 4 atom stereocenters. The SMILES string of the molecule is CC1CCC(NC2CC(C)(C)Oc3ccccc32)CC1C. The predicted molar refractivity (Wildman–Crippen MR) is 87.6 cm³/mol. The van der Waals surface area contributed by atoms with Crippen LogP contribution in [-0.4, -0.2) is 11.6 Å². The van der Waals surface area contributed by atoms with Crippen LogP contribution in [-0.2, 0) is 0 Å². The van der Waals surface area contributed by atoms with E-state index in [2.05, 4.69) is 57.3 Å². The molecule has 4 unspecified atom stereocenters. The fraction of sp³-hybridized carbons (Fsp3) is 0.684. The van der Waals surface area contributed by atoms with Crippen molar-refractivity contribution in [2.24, 2.45) is 11.8 Å². The molecule has 0 aromatic heterocycles. The molecular weight excluding hydrogens is 258 g/mol. The average Bonchev–Trinajstić information content (AvgIpc) is 2.42. The number of rotatable bonds is 2. The highest BCUT2D eigenvalue weighted by atomic mass is 16.5. The number of hydrogen-bond acceptors (Lipinski definition) is 2. The highest BCUT2D eigenvalue weighted by molar-refractivity contribution is 5.38. The monoisotopic (exact) mass is 287 g/mol. The molecular formula is C19H29NO. The molecule has 116 valence electrons. The van der Waals surface area contributed by atoms with E-state index in [1.54, 1.807) is 0 Å². The summed E-state index contributed by atoms with van der Waals surface area (Å²) in [4.78, 5) is 0. The van der Waals surface area contributed by atoms with Gasteiger partial charge in [0.15, 0.2) is 0 Å². The Morgan fingerprint density at radius 1 is 1.10 bits per heavy atom. The minimum atomic E-state index is -0.0837. The normalized spacial score (nSPS) is 34.9. The van der Waals surface area contributed by atoms with Crippen LogP contribution in [0.5, 0.6) is 5.75 Å². The van der Waals surface area contributed by atoms with Crippen molar-refractivity contribution < 1.29 is 4.74 Å². The van der Waals surface area contributed by atoms with E-state index in [0.717, 1.165) is 24.0 Å². The van der Waals surface area contributed by atoms with Crippen molar-refractivity contribution in [2.75, 3.05) is 0 Å². The maximum atomic E-state index is 6.14. The van der Waals surface area contributed by atoms with E-state index in [1.807, 2.05) is 0 Å². The summed E-state index contributed by atoms with van der Waals surface area (Å²) in [6.45, 7) is 9.19. The first-order valence-corrected chi connectivity index (χ1v) is 8.48. The van der Waals surface area contributed by atoms with E-state index >= 15 is 0 Å². The van der Waals surface area contributed by atoms with Crippen molar-refractivity contribution in [1.29, 1.82) is 0 Å². The summed E-state index contributed by atoms with van der Waals surface area (Å²) in [5.74, 6) is 2.77. The summed E-state index contributed by atoms with van der Waals surface area (Å²) in [6.07, 6.45) is 5.02. The van der Waals surface area contributed by atoms with E-state index < -0.39 is 0 Å². The van der Waals surface area contributed by atoms with Crippen LogP contribution in [0.1, 0.15) is 65.0 Å². The van der Waals surface area contributed by atoms with Gasteiger partial charge in [0.05, 0.1) is 0 Å². The van der Waals surface area contributed by atoms with Gasteiger partial charge < -0.3 is 10.1 Å². The van der Waals surface area contributed by atoms with Gasteiger partial charge in [-0.25, -0.2) is 0 Å². The van der Waals surface area contributed by atoms with Gasteiger partial charge >= 0.3 is 0 Å². The van der Waals surface area contributed by atoms with Crippen molar-refractivity contribution >= 4 is 0 Å². The fourth-order valence-corrected chi connectivity index (χ4v) is 3.93. The molecule has 2 nitrogen and oxygen atoms in total. The Balaban J connectivity index is 1.76. The number of para-hydroxylation sites is 1. The minimum Gasteiger partial charge on any atom is -0.487 e. The smallest absolute Gasteiger partial charge is 0.124 e. The predicted octanol–water partition coefficient (Wildman–Crippen LogP) is 4.70. The standard InChI is InChI=1S/C19H29NO/c1-13-9-10-15(11-14(13)2)20-17-12-19(3,4)21-18-8-6-5-7-16(17)18/h5-8,13-15,17,20H,9-12H2,1-4H3. The van der Waals surface area contributed by atoms with Crippen molar-refractivity contribution in [2.45, 2.75) is 71.1 Å². The van der Waals surface area contributed by atoms with Gasteiger partial charge in [0.25, 0.3) is 0 Å². The molecule has 1 heterocycles. The molecule has 0 amide bonds. The molecule has 0 saturated heterocycles. The Morgan fingerprint density at radius 2 is 1.86 bits per heavy atom. The molecule has 1 aromatic carbocycles. The van der Waals surface area contributed by atoms with E-state index in [1.165, 1.54) is 24.8 Å². The second-order valence-electron chi connectivity index (χ2n) is 7.79. The van der Waals surface area contributed by atoms with E-state index in [-0.39, 0.29) is 5.60 Å². The lowest BCUT2D eigenvalue weighted by atomic mass is 9.78. The number of hydrogen-bond donors (Lipinski definition) is 1. The van der Waals surface area contributed by atoms with E-state index in [4.69, 9.17) is 4.74 Å². The lowest BCUT2D eigenvalue weighted by Gasteiger charge is -2.41. The second-order valence-corrected chi connectivity index (χ2v) is 7.79. The van der Waals surface area contributed by atoms with Crippen molar-refractivity contribution in [3.63, 3.8) is 0 Å². The van der Waals surface area contributed by atoms with Crippen LogP contribution >= 0.6 is 0 Å². The lowest BCUT2D eigenvalue weighted by Crippen LogP contribution is -2.44. The number of benzene rings is 1. The molecule has 1 aliphatic carbocycles. The third-order valence-electron chi connectivity index (χ3n) is 5.41. The molecule has 21 heavy (non-hydrogen) atoms. The zero-order valence-electron chi connectivity index (χ0n) is 13.9. The summed E-state index contributed by atoms with van der Waals surface area (Å²) in [6, 6.07) is 9.61. The van der Waals surface area contributed by atoms with Gasteiger partial charge in [0, 0.05) is 24.1 Å². The van der Waals surface area contributed by atoms with E-state index in [0.29, 0.717) is 12.1 Å². The Morgan fingerprint density at radius 3 is 2.62 bits per heavy atom. The summed E-state index contributed by atoms with van der Waals surface area (Å²) in [7, 11) is 0. The number of ether oxygens (including phenoxy) is 1. The maximum Gasteiger partial charge on any atom is 0.124 e. The molecule has 3 rings (SSSR count). The second kappa shape index (κ2) is 5.64. The molecule has 0 spiro atoms. The van der Waals surface area contributed by atoms with Crippen molar-refractivity contribution in [3.8, 4) is 5.75 Å². The van der Waals surface area contributed by atoms with Gasteiger partial charge in [-0.2, -0.15) is 0 Å². The van der Waals surface area contributed by atoms with Crippen molar-refractivity contribution in [1.82, 2.24) is 5.32 Å². The quantitative estimate of drug-likeness (QED) is 0.851. The molecule has 2 heteroatoms. The Labute approximate surface area is 129 Å². The van der Waals surface area contributed by atoms with Gasteiger partial charge in [-0.15, -0.1) is 0 Å². The number of nitrogens with one attached hydrogen (secondary N) is 1. The molecule has 1 saturated carbocycles. The molecule has 1 aromatic rings. The number of fused-ring (bicyclic) bond motifs is 1. The Hall–Kier alpha value is -1.02. The first-order chi connectivity index (χ1) is 9.94. The topological polar surface area (TPSA) is 21.3 Å². The van der Waals surface area contributed by atoms with Crippen LogP contribution < -0.4 is 10.1 Å². The van der Waals surface area contributed by atoms with Crippen LogP contribution in [0.4, 0.5) is 0 Å². The molecule has 1 aliphatic heterocycles. The minimum absolute atomic E-state index is 0.0837. The van der Waals surface area contributed by atoms with Crippen molar-refractivity contribution in [3.05, 3.63) is 29.8 Å². The van der Waals surface area contributed by atoms with Crippen LogP contribution in [0, 0.1) is 11.8 Å². The molecule has 1 fully saturated rings. The first-order valence-electron chi connectivity index (χ1n) is 8.48. The van der Waals surface area contributed by atoms with Crippen LogP contribution in [0.2, 0.25) is 0 Å². The van der Waals surface area contributed by atoms with Crippen LogP contribution in [0.15, 0.2) is 24.3 Å². The zero-order valence-corrected chi connectivity index (χ0v) is 13.9. The fourth-order valence-electron chi connectivity index (χ4n) is 3.93. The van der Waals surface area contributed by atoms with Crippen LogP contribution in [0.25, 0.3) is 0 Å². The summed E-state index contributed by atoms with van der Waals surface area (Å²) in [5.41, 5.74) is 1.25.